The van der Waals surface area contributed by atoms with Gasteiger partial charge in [0.05, 0.1) is 0 Å². The first-order chi connectivity index (χ1) is 4.66. The SMILES string of the molecule is CCC1[NH2+]C(=O)N(S)C1=O. The summed E-state index contributed by atoms with van der Waals surface area (Å²) in [4.78, 5) is 21.7. The van der Waals surface area contributed by atoms with Crippen molar-refractivity contribution in [2.24, 2.45) is 0 Å². The van der Waals surface area contributed by atoms with Gasteiger partial charge in [-0.15, -0.1) is 0 Å². The fraction of sp³-hybridized carbons (Fsp3) is 0.600. The van der Waals surface area contributed by atoms with Gasteiger partial charge in [0.25, 0.3) is 0 Å². The maximum absolute atomic E-state index is 10.9. The topological polar surface area (TPSA) is 54.0 Å². The fourth-order valence-electron chi connectivity index (χ4n) is 0.872. The van der Waals surface area contributed by atoms with Crippen LogP contribution in [0.4, 0.5) is 4.79 Å². The second-order valence-electron chi connectivity index (χ2n) is 2.17. The van der Waals surface area contributed by atoms with Gasteiger partial charge in [0.15, 0.2) is 6.04 Å². The van der Waals surface area contributed by atoms with E-state index < -0.39 is 0 Å². The van der Waals surface area contributed by atoms with Crippen LogP contribution in [0.15, 0.2) is 0 Å². The van der Waals surface area contributed by atoms with Crippen LogP contribution in [0.1, 0.15) is 13.3 Å². The first-order valence-corrected chi connectivity index (χ1v) is 3.48. The fourth-order valence-corrected chi connectivity index (χ4v) is 1.09. The Kier molecular flexibility index (Phi) is 1.96. The number of urea groups is 1. The van der Waals surface area contributed by atoms with Crippen LogP contribution in [-0.4, -0.2) is 22.3 Å². The minimum absolute atomic E-state index is 0.212. The normalized spacial score (nSPS) is 26.2. The minimum Gasteiger partial charge on any atom is -0.266 e. The van der Waals surface area contributed by atoms with Gasteiger partial charge in [0, 0.05) is 6.42 Å². The number of carbonyl (C=O) groups is 2. The number of imide groups is 1. The zero-order chi connectivity index (χ0) is 7.72. The van der Waals surface area contributed by atoms with Gasteiger partial charge in [-0.3, -0.25) is 10.1 Å². The molecule has 1 rings (SSSR count). The summed E-state index contributed by atoms with van der Waals surface area (Å²) in [6, 6.07) is -0.551. The second-order valence-corrected chi connectivity index (χ2v) is 2.57. The van der Waals surface area contributed by atoms with E-state index in [-0.39, 0.29) is 18.0 Å². The number of nitrogens with two attached hydrogens (primary N) is 1. The van der Waals surface area contributed by atoms with Gasteiger partial charge in [0.1, 0.15) is 0 Å². The largest absolute Gasteiger partial charge is 0.433 e. The van der Waals surface area contributed by atoms with Gasteiger partial charge in [-0.25, -0.2) is 4.79 Å². The molecule has 10 heavy (non-hydrogen) atoms. The average molecular weight is 161 g/mol. The molecule has 3 amide bonds. The Hall–Kier alpha value is -0.550. The van der Waals surface area contributed by atoms with Gasteiger partial charge in [-0.1, -0.05) is 19.7 Å². The highest BCUT2D eigenvalue weighted by molar-refractivity contribution is 7.79. The third-order valence-corrected chi connectivity index (χ3v) is 1.91. The molecular weight excluding hydrogens is 152 g/mol. The standard InChI is InChI=1S/C5H8N2O2S/c1-2-3-4(8)7(10)5(9)6-3/h3,10H,2H2,1H3,(H,6,9)/p+1. The zero-order valence-electron chi connectivity index (χ0n) is 5.57. The van der Waals surface area contributed by atoms with Crippen LogP contribution in [-0.2, 0) is 4.79 Å². The predicted molar refractivity (Wildman–Crippen MR) is 37.2 cm³/mol. The maximum atomic E-state index is 10.9. The number of thiol groups is 1. The van der Waals surface area contributed by atoms with Crippen molar-refractivity contribution in [3.05, 3.63) is 0 Å². The molecule has 0 aromatic rings. The molecule has 1 aliphatic rings. The number of primary amides is 1. The first-order valence-electron chi connectivity index (χ1n) is 3.08. The Bertz CT molecular complexity index is 182. The highest BCUT2D eigenvalue weighted by atomic mass is 32.1. The Labute approximate surface area is 64.1 Å². The van der Waals surface area contributed by atoms with Crippen molar-refractivity contribution < 1.29 is 14.9 Å². The molecule has 5 heteroatoms. The Morgan fingerprint density at radius 2 is 2.30 bits per heavy atom. The molecule has 1 aliphatic heterocycles. The third-order valence-electron chi connectivity index (χ3n) is 1.52. The molecule has 56 valence electrons. The van der Waals surface area contributed by atoms with Crippen LogP contribution in [0.25, 0.3) is 0 Å². The molecule has 4 nitrogen and oxygen atoms in total. The molecule has 0 bridgehead atoms. The summed E-state index contributed by atoms with van der Waals surface area (Å²) in [7, 11) is 0. The quantitative estimate of drug-likeness (QED) is 0.388. The second kappa shape index (κ2) is 2.59. The molecule has 0 radical (unpaired) electrons. The number of rotatable bonds is 1. The number of carbonyl (C=O) groups excluding carboxylic acids is 2. The minimum atomic E-state index is -0.305. The van der Waals surface area contributed by atoms with Crippen molar-refractivity contribution in [3.63, 3.8) is 0 Å². The highest BCUT2D eigenvalue weighted by Gasteiger charge is 2.40. The monoisotopic (exact) mass is 161 g/mol. The Morgan fingerprint density at radius 3 is 2.50 bits per heavy atom. The molecule has 1 heterocycles. The van der Waals surface area contributed by atoms with Gasteiger partial charge >= 0.3 is 11.9 Å². The van der Waals surface area contributed by atoms with Crippen LogP contribution in [0, 0.1) is 0 Å². The van der Waals surface area contributed by atoms with E-state index in [4.69, 9.17) is 0 Å². The zero-order valence-corrected chi connectivity index (χ0v) is 6.47. The lowest BCUT2D eigenvalue weighted by molar-refractivity contribution is -0.572. The van der Waals surface area contributed by atoms with E-state index in [1.165, 1.54) is 5.32 Å². The van der Waals surface area contributed by atoms with Crippen LogP contribution >= 0.6 is 12.8 Å². The van der Waals surface area contributed by atoms with Gasteiger partial charge < -0.3 is 0 Å². The van der Waals surface area contributed by atoms with E-state index in [2.05, 4.69) is 12.8 Å². The van der Waals surface area contributed by atoms with E-state index in [1.54, 1.807) is 0 Å². The van der Waals surface area contributed by atoms with Gasteiger partial charge in [0.2, 0.25) is 0 Å². The lowest BCUT2D eigenvalue weighted by atomic mass is 10.2. The molecule has 1 saturated heterocycles. The molecule has 0 saturated carbocycles. The summed E-state index contributed by atoms with van der Waals surface area (Å²) in [6.07, 6.45) is 0.668. The molecule has 1 atom stereocenters. The molecule has 2 N–H and O–H groups in total. The van der Waals surface area contributed by atoms with Gasteiger partial charge in [-0.2, -0.15) is 4.31 Å². The molecule has 0 spiro atoms. The number of hydrogen-bond acceptors (Lipinski definition) is 3. The molecular formula is C5H9N2O2S+. The van der Waals surface area contributed by atoms with Crippen molar-refractivity contribution in [1.82, 2.24) is 4.31 Å². The van der Waals surface area contributed by atoms with Crippen molar-refractivity contribution in [3.8, 4) is 0 Å². The van der Waals surface area contributed by atoms with E-state index in [1.807, 2.05) is 6.92 Å². The molecule has 1 unspecified atom stereocenters. The van der Waals surface area contributed by atoms with Gasteiger partial charge in [-0.05, 0) is 0 Å². The number of nitrogens with zero attached hydrogens (tertiary/aromatic N) is 1. The van der Waals surface area contributed by atoms with E-state index in [0.29, 0.717) is 6.42 Å². The molecule has 0 aliphatic carbocycles. The molecule has 0 aromatic heterocycles. The Morgan fingerprint density at radius 1 is 1.70 bits per heavy atom. The van der Waals surface area contributed by atoms with Crippen molar-refractivity contribution in [2.75, 3.05) is 0 Å². The molecule has 0 aromatic carbocycles. The summed E-state index contributed by atoms with van der Waals surface area (Å²) >= 11 is 3.70. The third kappa shape index (κ3) is 1.02. The summed E-state index contributed by atoms with van der Waals surface area (Å²) in [5.74, 6) is -0.212. The highest BCUT2D eigenvalue weighted by Crippen LogP contribution is 2.03. The lowest BCUT2D eigenvalue weighted by Crippen LogP contribution is -2.90. The molecule has 1 fully saturated rings. The maximum Gasteiger partial charge on any atom is 0.433 e. The van der Waals surface area contributed by atoms with Crippen LogP contribution in [0.3, 0.4) is 0 Å². The van der Waals surface area contributed by atoms with Crippen LogP contribution in [0.2, 0.25) is 0 Å². The predicted octanol–water partition coefficient (Wildman–Crippen LogP) is -0.865. The Balaban J connectivity index is 2.71. The van der Waals surface area contributed by atoms with E-state index in [0.717, 1.165) is 4.31 Å². The van der Waals surface area contributed by atoms with Crippen LogP contribution in [0.5, 0.6) is 0 Å². The first kappa shape index (κ1) is 7.56. The number of hydrogen-bond donors (Lipinski definition) is 2. The smallest absolute Gasteiger partial charge is 0.266 e. The van der Waals surface area contributed by atoms with E-state index >= 15 is 0 Å². The number of quaternary nitrogens is 1. The summed E-state index contributed by atoms with van der Waals surface area (Å²) < 4.78 is 0.855. The van der Waals surface area contributed by atoms with E-state index in [9.17, 15) is 9.59 Å². The van der Waals surface area contributed by atoms with Crippen molar-refractivity contribution >= 4 is 24.8 Å². The summed E-state index contributed by atoms with van der Waals surface area (Å²) in [5.41, 5.74) is 0. The van der Waals surface area contributed by atoms with Crippen molar-refractivity contribution in [1.29, 1.82) is 0 Å². The van der Waals surface area contributed by atoms with Crippen molar-refractivity contribution in [2.45, 2.75) is 19.4 Å². The summed E-state index contributed by atoms with van der Waals surface area (Å²) in [6.45, 7) is 1.86. The summed E-state index contributed by atoms with van der Waals surface area (Å²) in [5, 5.41) is 1.40. The van der Waals surface area contributed by atoms with Crippen LogP contribution < -0.4 is 5.32 Å². The lowest BCUT2D eigenvalue weighted by Gasteiger charge is -1.96. The number of amides is 3. The average Bonchev–Trinajstić information content (AvgIpc) is 2.17.